The highest BCUT2D eigenvalue weighted by Crippen LogP contribution is 2.18. The Labute approximate surface area is 117 Å². The van der Waals surface area contributed by atoms with Crippen LogP contribution in [0.1, 0.15) is 18.3 Å². The van der Waals surface area contributed by atoms with E-state index in [0.717, 1.165) is 17.7 Å². The molecule has 1 heterocycles. The first-order valence-corrected chi connectivity index (χ1v) is 6.32. The summed E-state index contributed by atoms with van der Waals surface area (Å²) in [5.74, 6) is 7.35. The van der Waals surface area contributed by atoms with E-state index in [1.165, 1.54) is 0 Å². The Balaban J connectivity index is 2.18. The lowest BCUT2D eigenvalue weighted by Gasteiger charge is -2.09. The number of benzene rings is 1. The van der Waals surface area contributed by atoms with Crippen LogP contribution in [0.25, 0.3) is 0 Å². The van der Waals surface area contributed by atoms with Crippen LogP contribution in [0.4, 0.5) is 17.3 Å². The van der Waals surface area contributed by atoms with Gasteiger partial charge in [0.2, 0.25) is 0 Å². The van der Waals surface area contributed by atoms with Crippen LogP contribution in [0, 0.1) is 11.3 Å². The number of hydrogen-bond acceptors (Lipinski definition) is 6. The van der Waals surface area contributed by atoms with E-state index >= 15 is 0 Å². The normalized spacial score (nSPS) is 9.85. The molecule has 0 unspecified atom stereocenters. The Bertz CT molecular complexity index is 592. The van der Waals surface area contributed by atoms with E-state index in [-0.39, 0.29) is 0 Å². The van der Waals surface area contributed by atoms with Crippen molar-refractivity contribution in [2.75, 3.05) is 10.7 Å². The average molecular weight is 268 g/mol. The molecule has 0 spiro atoms. The Morgan fingerprint density at radius 3 is 2.50 bits per heavy atom. The molecule has 0 aliphatic carbocycles. The van der Waals surface area contributed by atoms with Gasteiger partial charge in [-0.15, -0.1) is 0 Å². The number of nitrogens with two attached hydrogens (primary N) is 1. The lowest BCUT2D eigenvalue weighted by Crippen LogP contribution is -2.11. The summed E-state index contributed by atoms with van der Waals surface area (Å²) in [7, 11) is 0. The van der Waals surface area contributed by atoms with E-state index in [0.29, 0.717) is 23.9 Å². The summed E-state index contributed by atoms with van der Waals surface area (Å²) in [5, 5.41) is 11.8. The molecule has 0 aliphatic heterocycles. The van der Waals surface area contributed by atoms with Gasteiger partial charge in [-0.2, -0.15) is 5.26 Å². The monoisotopic (exact) mass is 268 g/mol. The van der Waals surface area contributed by atoms with E-state index in [1.807, 2.05) is 31.2 Å². The second-order valence-electron chi connectivity index (χ2n) is 4.21. The van der Waals surface area contributed by atoms with Crippen molar-refractivity contribution in [2.24, 2.45) is 5.84 Å². The maximum Gasteiger partial charge on any atom is 0.145 e. The molecule has 1 aromatic carbocycles. The Hall–Kier alpha value is -2.65. The van der Waals surface area contributed by atoms with E-state index in [1.54, 1.807) is 6.07 Å². The van der Waals surface area contributed by atoms with Gasteiger partial charge < -0.3 is 10.7 Å². The summed E-state index contributed by atoms with van der Waals surface area (Å²) in [4.78, 5) is 8.61. The molecule has 0 amide bonds. The van der Waals surface area contributed by atoms with E-state index in [4.69, 9.17) is 11.1 Å². The molecule has 0 saturated heterocycles. The standard InChI is InChI=1S/C14H16N6/c1-2-12-18-13(9-14(19-12)20-16)17-11-5-3-10(4-6-11)7-8-15/h3-6,9H,2,7,16H2,1H3,(H2,17,18,19,20). The predicted molar refractivity (Wildman–Crippen MR) is 78.3 cm³/mol. The van der Waals surface area contributed by atoms with Crippen LogP contribution in [0.2, 0.25) is 0 Å². The van der Waals surface area contributed by atoms with Gasteiger partial charge in [-0.25, -0.2) is 15.8 Å². The minimum atomic E-state index is 0.412. The SMILES string of the molecule is CCc1nc(NN)cc(Nc2ccc(CC#N)cc2)n1. The fourth-order valence-electron chi connectivity index (χ4n) is 1.74. The van der Waals surface area contributed by atoms with Crippen molar-refractivity contribution in [1.29, 1.82) is 5.26 Å². The summed E-state index contributed by atoms with van der Waals surface area (Å²) < 4.78 is 0. The predicted octanol–water partition coefficient (Wildman–Crippen LogP) is 2.13. The molecule has 1 aromatic heterocycles. The molecule has 0 fully saturated rings. The molecule has 6 heteroatoms. The molecular formula is C14H16N6. The molecular weight excluding hydrogens is 252 g/mol. The van der Waals surface area contributed by atoms with Crippen LogP contribution in [0.5, 0.6) is 0 Å². The molecule has 102 valence electrons. The van der Waals surface area contributed by atoms with Gasteiger partial charge in [0, 0.05) is 18.2 Å². The number of aryl methyl sites for hydroxylation is 1. The Kier molecular flexibility index (Phi) is 4.47. The van der Waals surface area contributed by atoms with Crippen LogP contribution in [0.15, 0.2) is 30.3 Å². The summed E-state index contributed by atoms with van der Waals surface area (Å²) in [5.41, 5.74) is 4.41. The van der Waals surface area contributed by atoms with Gasteiger partial charge in [-0.05, 0) is 17.7 Å². The molecule has 0 saturated carbocycles. The van der Waals surface area contributed by atoms with Crippen molar-refractivity contribution in [2.45, 2.75) is 19.8 Å². The largest absolute Gasteiger partial charge is 0.340 e. The van der Waals surface area contributed by atoms with E-state index in [9.17, 15) is 0 Å². The Morgan fingerprint density at radius 2 is 1.90 bits per heavy atom. The fourth-order valence-corrected chi connectivity index (χ4v) is 1.74. The van der Waals surface area contributed by atoms with Crippen LogP contribution in [-0.2, 0) is 12.8 Å². The van der Waals surface area contributed by atoms with Gasteiger partial charge in [0.1, 0.15) is 17.5 Å². The minimum absolute atomic E-state index is 0.412. The van der Waals surface area contributed by atoms with E-state index in [2.05, 4.69) is 26.8 Å². The van der Waals surface area contributed by atoms with Crippen LogP contribution in [-0.4, -0.2) is 9.97 Å². The highest BCUT2D eigenvalue weighted by molar-refractivity contribution is 5.59. The fraction of sp³-hybridized carbons (Fsp3) is 0.214. The highest BCUT2D eigenvalue weighted by atomic mass is 15.3. The number of rotatable bonds is 5. The van der Waals surface area contributed by atoms with Crippen molar-refractivity contribution in [1.82, 2.24) is 9.97 Å². The minimum Gasteiger partial charge on any atom is -0.340 e. The number of aromatic nitrogens is 2. The van der Waals surface area contributed by atoms with Gasteiger partial charge in [-0.3, -0.25) is 0 Å². The quantitative estimate of drug-likeness (QED) is 0.567. The molecule has 2 aromatic rings. The molecule has 6 nitrogen and oxygen atoms in total. The van der Waals surface area contributed by atoms with Crippen LogP contribution >= 0.6 is 0 Å². The second kappa shape index (κ2) is 6.50. The van der Waals surface area contributed by atoms with Gasteiger partial charge in [-0.1, -0.05) is 19.1 Å². The third-order valence-corrected chi connectivity index (χ3v) is 2.75. The first kappa shape index (κ1) is 13.8. The summed E-state index contributed by atoms with van der Waals surface area (Å²) >= 11 is 0. The summed E-state index contributed by atoms with van der Waals surface area (Å²) in [6, 6.07) is 11.5. The first-order valence-electron chi connectivity index (χ1n) is 6.32. The van der Waals surface area contributed by atoms with Gasteiger partial charge in [0.25, 0.3) is 0 Å². The smallest absolute Gasteiger partial charge is 0.145 e. The van der Waals surface area contributed by atoms with Gasteiger partial charge in [0.15, 0.2) is 0 Å². The maximum absolute atomic E-state index is 8.64. The molecule has 4 N–H and O–H groups in total. The lowest BCUT2D eigenvalue weighted by atomic mass is 10.1. The zero-order valence-electron chi connectivity index (χ0n) is 11.2. The topological polar surface area (TPSA) is 99.6 Å². The number of nitriles is 1. The number of nitrogens with one attached hydrogen (secondary N) is 2. The number of nitrogens with zero attached hydrogens (tertiary/aromatic N) is 3. The van der Waals surface area contributed by atoms with Crippen molar-refractivity contribution >= 4 is 17.3 Å². The van der Waals surface area contributed by atoms with Crippen molar-refractivity contribution < 1.29 is 0 Å². The first-order chi connectivity index (χ1) is 9.75. The van der Waals surface area contributed by atoms with Gasteiger partial charge in [0.05, 0.1) is 12.5 Å². The molecule has 0 bridgehead atoms. The lowest BCUT2D eigenvalue weighted by molar-refractivity contribution is 0.941. The molecule has 0 aliphatic rings. The number of anilines is 3. The zero-order chi connectivity index (χ0) is 14.4. The molecule has 0 radical (unpaired) electrons. The van der Waals surface area contributed by atoms with Crippen molar-refractivity contribution in [3.05, 3.63) is 41.7 Å². The van der Waals surface area contributed by atoms with Crippen LogP contribution in [0.3, 0.4) is 0 Å². The van der Waals surface area contributed by atoms with Crippen molar-refractivity contribution in [3.8, 4) is 6.07 Å². The highest BCUT2D eigenvalue weighted by Gasteiger charge is 2.03. The van der Waals surface area contributed by atoms with Crippen molar-refractivity contribution in [3.63, 3.8) is 0 Å². The zero-order valence-corrected chi connectivity index (χ0v) is 11.2. The van der Waals surface area contributed by atoms with E-state index < -0.39 is 0 Å². The average Bonchev–Trinajstić information content (AvgIpc) is 2.49. The summed E-state index contributed by atoms with van der Waals surface area (Å²) in [6.07, 6.45) is 1.14. The van der Waals surface area contributed by atoms with Crippen LogP contribution < -0.4 is 16.6 Å². The Morgan fingerprint density at radius 1 is 1.20 bits per heavy atom. The summed E-state index contributed by atoms with van der Waals surface area (Å²) in [6.45, 7) is 1.98. The number of hydrogen-bond donors (Lipinski definition) is 3. The second-order valence-corrected chi connectivity index (χ2v) is 4.21. The third-order valence-electron chi connectivity index (χ3n) is 2.75. The molecule has 2 rings (SSSR count). The molecule has 20 heavy (non-hydrogen) atoms. The third kappa shape index (κ3) is 3.43. The number of nitrogen functional groups attached to an aromatic ring is 1. The number of hydrazine groups is 1. The maximum atomic E-state index is 8.64. The van der Waals surface area contributed by atoms with Gasteiger partial charge >= 0.3 is 0 Å². The molecule has 0 atom stereocenters.